The van der Waals surface area contributed by atoms with Crippen molar-refractivity contribution < 1.29 is 0 Å². The van der Waals surface area contributed by atoms with E-state index in [1.165, 1.54) is 0 Å². The molecule has 0 fully saturated rings. The molecule has 0 spiro atoms. The summed E-state index contributed by atoms with van der Waals surface area (Å²) < 4.78 is 0. The van der Waals surface area contributed by atoms with Crippen LogP contribution >= 0.6 is 22.9 Å². The molecule has 0 radical (unpaired) electrons. The molecule has 2 rings (SSSR count). The first-order valence-corrected chi connectivity index (χ1v) is 7.38. The summed E-state index contributed by atoms with van der Waals surface area (Å²) >= 11 is 7.72. The van der Waals surface area contributed by atoms with Gasteiger partial charge in [0.05, 0.1) is 12.6 Å². The Morgan fingerprint density at radius 2 is 2.26 bits per heavy atom. The van der Waals surface area contributed by atoms with Crippen molar-refractivity contribution in [2.75, 3.05) is 6.54 Å². The molecule has 0 saturated carbocycles. The average Bonchev–Trinajstić information content (AvgIpc) is 2.82. The molecule has 0 aliphatic carbocycles. The maximum Gasteiger partial charge on any atom is 0.145 e. The molecule has 0 aliphatic heterocycles. The van der Waals surface area contributed by atoms with Crippen LogP contribution < -0.4 is 0 Å². The molecule has 0 aliphatic rings. The first-order valence-electron chi connectivity index (χ1n) is 6.12. The largest absolute Gasteiger partial charge is 0.292 e. The Balaban J connectivity index is 2.21. The fourth-order valence-electron chi connectivity index (χ4n) is 1.83. The summed E-state index contributed by atoms with van der Waals surface area (Å²) in [4.78, 5) is 12.0. The van der Waals surface area contributed by atoms with Crippen LogP contribution in [0.1, 0.15) is 26.1 Å². The summed E-state index contributed by atoms with van der Waals surface area (Å²) in [7, 11) is 0. The van der Waals surface area contributed by atoms with E-state index in [9.17, 15) is 0 Å². The lowest BCUT2D eigenvalue weighted by Gasteiger charge is -2.24. The second kappa shape index (κ2) is 6.29. The zero-order chi connectivity index (χ0) is 13.8. The number of halogens is 1. The highest BCUT2D eigenvalue weighted by Gasteiger charge is 2.13. The Labute approximate surface area is 121 Å². The third-order valence-electron chi connectivity index (χ3n) is 2.91. The minimum absolute atomic E-state index is 0.342. The molecule has 0 unspecified atom stereocenters. The molecular weight excluding hydrogens is 280 g/mol. The van der Waals surface area contributed by atoms with Crippen molar-refractivity contribution >= 4 is 33.2 Å². The van der Waals surface area contributed by atoms with Crippen LogP contribution in [0.15, 0.2) is 11.4 Å². The maximum atomic E-state index is 8.69. The number of fused-ring (bicyclic) bond motifs is 1. The molecule has 0 N–H and O–H groups in total. The van der Waals surface area contributed by atoms with E-state index in [-0.39, 0.29) is 0 Å². The Morgan fingerprint density at radius 1 is 1.47 bits per heavy atom. The zero-order valence-electron chi connectivity index (χ0n) is 10.9. The first-order chi connectivity index (χ1) is 9.11. The van der Waals surface area contributed by atoms with E-state index >= 15 is 0 Å². The number of nitriles is 1. The Morgan fingerprint density at radius 3 is 2.95 bits per heavy atom. The van der Waals surface area contributed by atoms with Crippen molar-refractivity contribution in [3.05, 3.63) is 22.4 Å². The van der Waals surface area contributed by atoms with Crippen molar-refractivity contribution in [2.24, 2.45) is 0 Å². The zero-order valence-corrected chi connectivity index (χ0v) is 12.5. The van der Waals surface area contributed by atoms with Crippen LogP contribution in [0.2, 0.25) is 5.15 Å². The van der Waals surface area contributed by atoms with Crippen molar-refractivity contribution in [3.8, 4) is 6.07 Å². The molecule has 6 heteroatoms. The summed E-state index contributed by atoms with van der Waals surface area (Å²) in [6, 6.07) is 4.44. The van der Waals surface area contributed by atoms with Crippen LogP contribution in [0.5, 0.6) is 0 Å². The lowest BCUT2D eigenvalue weighted by molar-refractivity contribution is 0.213. The van der Waals surface area contributed by atoms with Gasteiger partial charge < -0.3 is 0 Å². The molecule has 0 aromatic carbocycles. The fourth-order valence-corrected chi connectivity index (χ4v) is 2.92. The Hall–Kier alpha value is -1.22. The predicted molar refractivity (Wildman–Crippen MR) is 78.2 cm³/mol. The number of thiophene rings is 1. The van der Waals surface area contributed by atoms with Gasteiger partial charge in [-0.1, -0.05) is 11.6 Å². The van der Waals surface area contributed by atoms with E-state index in [0.717, 1.165) is 16.8 Å². The van der Waals surface area contributed by atoms with Crippen molar-refractivity contribution in [1.29, 1.82) is 5.26 Å². The van der Waals surface area contributed by atoms with Gasteiger partial charge in [0.2, 0.25) is 0 Å². The van der Waals surface area contributed by atoms with Crippen molar-refractivity contribution in [2.45, 2.75) is 32.9 Å². The fraction of sp³-hybridized carbons (Fsp3) is 0.462. The average molecular weight is 295 g/mol. The highest BCUT2D eigenvalue weighted by atomic mass is 35.5. The molecule has 2 aromatic heterocycles. The van der Waals surface area contributed by atoms with Gasteiger partial charge in [0.1, 0.15) is 15.8 Å². The number of rotatable bonds is 5. The van der Waals surface area contributed by atoms with Gasteiger partial charge in [-0.25, -0.2) is 9.97 Å². The van der Waals surface area contributed by atoms with E-state index < -0.39 is 0 Å². The highest BCUT2D eigenvalue weighted by Crippen LogP contribution is 2.25. The summed E-state index contributed by atoms with van der Waals surface area (Å²) in [6.45, 7) is 5.54. The molecule has 2 aromatic rings. The Kier molecular flexibility index (Phi) is 4.70. The van der Waals surface area contributed by atoms with E-state index in [1.807, 2.05) is 11.4 Å². The van der Waals surface area contributed by atoms with Crippen molar-refractivity contribution in [3.63, 3.8) is 0 Å². The quantitative estimate of drug-likeness (QED) is 0.792. The van der Waals surface area contributed by atoms with Crippen LogP contribution in [0, 0.1) is 11.3 Å². The van der Waals surface area contributed by atoms with Crippen LogP contribution in [0.25, 0.3) is 10.2 Å². The van der Waals surface area contributed by atoms with Gasteiger partial charge in [-0.15, -0.1) is 11.3 Å². The summed E-state index contributed by atoms with van der Waals surface area (Å²) in [5.41, 5.74) is 0. The molecule has 19 heavy (non-hydrogen) atoms. The molecule has 100 valence electrons. The molecular formula is C13H15ClN4S. The minimum atomic E-state index is 0.342. The van der Waals surface area contributed by atoms with Gasteiger partial charge in [-0.05, 0) is 25.3 Å². The van der Waals surface area contributed by atoms with E-state index in [4.69, 9.17) is 16.9 Å². The van der Waals surface area contributed by atoms with Gasteiger partial charge in [0.15, 0.2) is 0 Å². The SMILES string of the molecule is CC(C)N(CCC#N)Cc1nc(Cl)c2ccsc2n1. The predicted octanol–water partition coefficient (Wildman–Crippen LogP) is 3.47. The van der Waals surface area contributed by atoms with Crippen LogP contribution in [-0.2, 0) is 6.54 Å². The molecule has 4 nitrogen and oxygen atoms in total. The monoisotopic (exact) mass is 294 g/mol. The first kappa shape index (κ1) is 14.2. The molecule has 0 atom stereocenters. The van der Waals surface area contributed by atoms with Gasteiger partial charge >= 0.3 is 0 Å². The number of hydrogen-bond acceptors (Lipinski definition) is 5. The molecule has 0 saturated heterocycles. The van der Waals surface area contributed by atoms with E-state index in [0.29, 0.717) is 30.0 Å². The smallest absolute Gasteiger partial charge is 0.145 e. The Bertz CT molecular complexity index is 602. The van der Waals surface area contributed by atoms with Gasteiger partial charge in [0, 0.05) is 24.4 Å². The lowest BCUT2D eigenvalue weighted by Crippen LogP contribution is -2.31. The minimum Gasteiger partial charge on any atom is -0.292 e. The number of hydrogen-bond donors (Lipinski definition) is 0. The van der Waals surface area contributed by atoms with Gasteiger partial charge in [-0.2, -0.15) is 5.26 Å². The van der Waals surface area contributed by atoms with Gasteiger partial charge in [0.25, 0.3) is 0 Å². The number of aromatic nitrogens is 2. The topological polar surface area (TPSA) is 52.8 Å². The summed E-state index contributed by atoms with van der Waals surface area (Å²) in [6.07, 6.45) is 0.507. The van der Waals surface area contributed by atoms with Crippen molar-refractivity contribution in [1.82, 2.24) is 14.9 Å². The highest BCUT2D eigenvalue weighted by molar-refractivity contribution is 7.16. The summed E-state index contributed by atoms with van der Waals surface area (Å²) in [5.74, 6) is 0.714. The lowest BCUT2D eigenvalue weighted by atomic mass is 10.3. The van der Waals surface area contributed by atoms with Gasteiger partial charge in [-0.3, -0.25) is 4.90 Å². The summed E-state index contributed by atoms with van der Waals surface area (Å²) in [5, 5.41) is 12.1. The van der Waals surface area contributed by atoms with Crippen LogP contribution in [0.4, 0.5) is 0 Å². The second-order valence-corrected chi connectivity index (χ2v) is 5.79. The number of nitrogens with zero attached hydrogens (tertiary/aromatic N) is 4. The second-order valence-electron chi connectivity index (χ2n) is 4.54. The normalized spacial score (nSPS) is 11.4. The molecule has 0 amide bonds. The third kappa shape index (κ3) is 3.41. The van der Waals surface area contributed by atoms with E-state index in [1.54, 1.807) is 11.3 Å². The van der Waals surface area contributed by atoms with Crippen LogP contribution in [0.3, 0.4) is 0 Å². The third-order valence-corrected chi connectivity index (χ3v) is 4.01. The molecule has 0 bridgehead atoms. The van der Waals surface area contributed by atoms with E-state index in [2.05, 4.69) is 34.8 Å². The standard InChI is InChI=1S/C13H15ClN4S/c1-9(2)18(6-3-5-15)8-11-16-12(14)10-4-7-19-13(10)17-11/h4,7,9H,3,6,8H2,1-2H3. The molecule has 2 heterocycles. The van der Waals surface area contributed by atoms with Crippen LogP contribution in [-0.4, -0.2) is 27.5 Å². The maximum absolute atomic E-state index is 8.69.